The maximum absolute atomic E-state index is 4.26. The van der Waals surface area contributed by atoms with Crippen LogP contribution in [-0.4, -0.2) is 5.75 Å². The molecule has 0 aromatic carbocycles. The Labute approximate surface area is 77.2 Å². The van der Waals surface area contributed by atoms with Crippen LogP contribution in [0.5, 0.6) is 0 Å². The fourth-order valence-electron chi connectivity index (χ4n) is 1.19. The van der Waals surface area contributed by atoms with Crippen LogP contribution in [0.25, 0.3) is 0 Å². The molecule has 0 aromatic rings. The van der Waals surface area contributed by atoms with Crippen LogP contribution in [0.2, 0.25) is 0 Å². The monoisotopic (exact) mass is 174 g/mol. The van der Waals surface area contributed by atoms with Crippen molar-refractivity contribution in [2.24, 2.45) is 5.92 Å². The first kappa shape index (κ1) is 11.4. The van der Waals surface area contributed by atoms with E-state index < -0.39 is 0 Å². The van der Waals surface area contributed by atoms with Gasteiger partial charge in [-0.25, -0.2) is 0 Å². The molecule has 0 nitrogen and oxygen atoms in total. The zero-order valence-electron chi connectivity index (χ0n) is 7.97. The fourth-order valence-corrected chi connectivity index (χ4v) is 1.37. The summed E-state index contributed by atoms with van der Waals surface area (Å²) in [4.78, 5) is 0. The summed E-state index contributed by atoms with van der Waals surface area (Å²) >= 11 is 4.26. The van der Waals surface area contributed by atoms with Gasteiger partial charge in [-0.1, -0.05) is 46.0 Å². The van der Waals surface area contributed by atoms with Gasteiger partial charge in [-0.3, -0.25) is 0 Å². The third kappa shape index (κ3) is 8.25. The van der Waals surface area contributed by atoms with Crippen LogP contribution in [0.15, 0.2) is 0 Å². The first-order valence-electron chi connectivity index (χ1n) is 4.92. The highest BCUT2D eigenvalue weighted by Crippen LogP contribution is 2.11. The highest BCUT2D eigenvalue weighted by molar-refractivity contribution is 7.80. The SMILES string of the molecule is CCCCCCC[C@@H](C)CS. The van der Waals surface area contributed by atoms with Crippen molar-refractivity contribution < 1.29 is 0 Å². The molecule has 0 amide bonds. The van der Waals surface area contributed by atoms with E-state index in [0.717, 1.165) is 11.7 Å². The molecule has 0 aromatic heterocycles. The lowest BCUT2D eigenvalue weighted by atomic mass is 10.0. The predicted octanol–water partition coefficient (Wildman–Crippen LogP) is 3.91. The summed E-state index contributed by atoms with van der Waals surface area (Å²) in [6, 6.07) is 0. The van der Waals surface area contributed by atoms with Crippen LogP contribution < -0.4 is 0 Å². The first-order chi connectivity index (χ1) is 5.31. The Morgan fingerprint density at radius 3 is 2.27 bits per heavy atom. The topological polar surface area (TPSA) is 0 Å². The molecule has 0 heterocycles. The largest absolute Gasteiger partial charge is 0.179 e. The lowest BCUT2D eigenvalue weighted by Crippen LogP contribution is -1.95. The number of thiol groups is 1. The van der Waals surface area contributed by atoms with Crippen molar-refractivity contribution >= 4 is 12.6 Å². The lowest BCUT2D eigenvalue weighted by Gasteiger charge is -2.06. The number of unbranched alkanes of at least 4 members (excludes halogenated alkanes) is 4. The minimum atomic E-state index is 0.819. The summed E-state index contributed by atoms with van der Waals surface area (Å²) in [7, 11) is 0. The summed E-state index contributed by atoms with van der Waals surface area (Å²) in [6.07, 6.45) is 8.38. The molecule has 0 saturated heterocycles. The summed E-state index contributed by atoms with van der Waals surface area (Å²) in [5.74, 6) is 1.87. The van der Waals surface area contributed by atoms with Gasteiger partial charge >= 0.3 is 0 Å². The lowest BCUT2D eigenvalue weighted by molar-refractivity contribution is 0.525. The van der Waals surface area contributed by atoms with Crippen molar-refractivity contribution in [3.63, 3.8) is 0 Å². The highest BCUT2D eigenvalue weighted by Gasteiger charge is 1.97. The van der Waals surface area contributed by atoms with Gasteiger partial charge < -0.3 is 0 Å². The Morgan fingerprint density at radius 2 is 1.73 bits per heavy atom. The van der Waals surface area contributed by atoms with Crippen molar-refractivity contribution in [3.05, 3.63) is 0 Å². The van der Waals surface area contributed by atoms with E-state index in [9.17, 15) is 0 Å². The van der Waals surface area contributed by atoms with Crippen molar-refractivity contribution in [1.82, 2.24) is 0 Å². The Balaban J connectivity index is 2.89. The molecule has 0 radical (unpaired) electrons. The van der Waals surface area contributed by atoms with E-state index in [1.165, 1.54) is 38.5 Å². The van der Waals surface area contributed by atoms with Crippen molar-refractivity contribution in [3.8, 4) is 0 Å². The Kier molecular flexibility index (Phi) is 8.72. The molecule has 0 fully saturated rings. The second kappa shape index (κ2) is 8.45. The molecule has 0 rings (SSSR count). The standard InChI is InChI=1S/C10H22S/c1-3-4-5-6-7-8-10(2)9-11/h10-11H,3-9H2,1-2H3/t10-/m1/s1. The molecule has 11 heavy (non-hydrogen) atoms. The van der Waals surface area contributed by atoms with Crippen LogP contribution in [-0.2, 0) is 0 Å². The highest BCUT2D eigenvalue weighted by atomic mass is 32.1. The quantitative estimate of drug-likeness (QED) is 0.439. The van der Waals surface area contributed by atoms with Gasteiger partial charge in [0.1, 0.15) is 0 Å². The van der Waals surface area contributed by atoms with E-state index in [-0.39, 0.29) is 0 Å². The smallest absolute Gasteiger partial charge is 0.00721 e. The molecule has 0 aliphatic carbocycles. The molecule has 68 valence electrons. The van der Waals surface area contributed by atoms with Gasteiger partial charge in [0.25, 0.3) is 0 Å². The van der Waals surface area contributed by atoms with E-state index in [0.29, 0.717) is 0 Å². The minimum absolute atomic E-state index is 0.819. The number of rotatable bonds is 7. The predicted molar refractivity (Wildman–Crippen MR) is 56.4 cm³/mol. The van der Waals surface area contributed by atoms with Gasteiger partial charge in [-0.05, 0) is 18.1 Å². The molecule has 0 spiro atoms. The summed E-state index contributed by atoms with van der Waals surface area (Å²) in [5, 5.41) is 0. The number of hydrogen-bond donors (Lipinski definition) is 1. The fraction of sp³-hybridized carbons (Fsp3) is 1.00. The maximum Gasteiger partial charge on any atom is -0.00721 e. The number of hydrogen-bond acceptors (Lipinski definition) is 1. The van der Waals surface area contributed by atoms with E-state index in [4.69, 9.17) is 0 Å². The van der Waals surface area contributed by atoms with Crippen LogP contribution in [0, 0.1) is 5.92 Å². The first-order valence-corrected chi connectivity index (χ1v) is 5.55. The van der Waals surface area contributed by atoms with Gasteiger partial charge in [0.15, 0.2) is 0 Å². The summed E-state index contributed by atoms with van der Waals surface area (Å²) < 4.78 is 0. The van der Waals surface area contributed by atoms with Gasteiger partial charge in [-0.15, -0.1) is 0 Å². The molecule has 0 N–H and O–H groups in total. The average molecular weight is 174 g/mol. The second-order valence-electron chi connectivity index (χ2n) is 3.49. The van der Waals surface area contributed by atoms with Crippen LogP contribution in [0.4, 0.5) is 0 Å². The van der Waals surface area contributed by atoms with Crippen LogP contribution >= 0.6 is 12.6 Å². The summed E-state index contributed by atoms with van der Waals surface area (Å²) in [6.45, 7) is 4.54. The van der Waals surface area contributed by atoms with E-state index in [1.54, 1.807) is 0 Å². The van der Waals surface area contributed by atoms with E-state index in [2.05, 4.69) is 26.5 Å². The molecule has 0 bridgehead atoms. The average Bonchev–Trinajstić information content (AvgIpc) is 2.04. The van der Waals surface area contributed by atoms with Crippen molar-refractivity contribution in [2.45, 2.75) is 52.4 Å². The third-order valence-electron chi connectivity index (χ3n) is 2.11. The zero-order chi connectivity index (χ0) is 8.53. The molecule has 0 aliphatic heterocycles. The summed E-state index contributed by atoms with van der Waals surface area (Å²) in [5.41, 5.74) is 0. The van der Waals surface area contributed by atoms with E-state index in [1.807, 2.05) is 0 Å². The van der Waals surface area contributed by atoms with Crippen molar-refractivity contribution in [1.29, 1.82) is 0 Å². The Bertz CT molecular complexity index is 71.3. The Hall–Kier alpha value is 0.350. The molecule has 0 aliphatic rings. The molecule has 1 atom stereocenters. The third-order valence-corrected chi connectivity index (χ3v) is 2.74. The minimum Gasteiger partial charge on any atom is -0.179 e. The normalized spacial score (nSPS) is 13.4. The molecular formula is C10H22S. The Morgan fingerprint density at radius 1 is 1.09 bits per heavy atom. The van der Waals surface area contributed by atoms with Gasteiger partial charge in [0.2, 0.25) is 0 Å². The maximum atomic E-state index is 4.26. The molecule has 1 heteroatoms. The van der Waals surface area contributed by atoms with E-state index >= 15 is 0 Å². The van der Waals surface area contributed by atoms with Gasteiger partial charge in [-0.2, -0.15) is 12.6 Å². The molecule has 0 unspecified atom stereocenters. The van der Waals surface area contributed by atoms with Crippen LogP contribution in [0.3, 0.4) is 0 Å². The van der Waals surface area contributed by atoms with Crippen molar-refractivity contribution in [2.75, 3.05) is 5.75 Å². The molecular weight excluding hydrogens is 152 g/mol. The van der Waals surface area contributed by atoms with Gasteiger partial charge in [0, 0.05) is 0 Å². The van der Waals surface area contributed by atoms with Crippen LogP contribution in [0.1, 0.15) is 52.4 Å². The second-order valence-corrected chi connectivity index (χ2v) is 3.86. The van der Waals surface area contributed by atoms with Gasteiger partial charge in [0.05, 0.1) is 0 Å². The zero-order valence-corrected chi connectivity index (χ0v) is 8.87. The molecule has 0 saturated carbocycles.